The van der Waals surface area contributed by atoms with Crippen LogP contribution in [0.5, 0.6) is 0 Å². The van der Waals surface area contributed by atoms with E-state index in [0.717, 1.165) is 26.1 Å². The van der Waals surface area contributed by atoms with E-state index >= 15 is 0 Å². The van der Waals surface area contributed by atoms with Gasteiger partial charge in [-0.15, -0.1) is 0 Å². The number of rotatable bonds is 5. The van der Waals surface area contributed by atoms with Gasteiger partial charge in [-0.3, -0.25) is 4.79 Å². The molecule has 1 N–H and O–H groups in total. The molecule has 4 rings (SSSR count). The van der Waals surface area contributed by atoms with Crippen LogP contribution >= 0.6 is 23.4 Å². The summed E-state index contributed by atoms with van der Waals surface area (Å²) in [5.74, 6) is -0.241. The van der Waals surface area contributed by atoms with Crippen molar-refractivity contribution in [2.24, 2.45) is 5.10 Å². The molecule has 0 unspecified atom stereocenters. The lowest BCUT2D eigenvalue weighted by Gasteiger charge is -2.06. The van der Waals surface area contributed by atoms with Crippen LogP contribution in [0.2, 0.25) is 5.02 Å². The summed E-state index contributed by atoms with van der Waals surface area (Å²) < 4.78 is 0. The highest BCUT2D eigenvalue weighted by Gasteiger charge is 2.06. The van der Waals surface area contributed by atoms with Gasteiger partial charge >= 0.3 is 0 Å². The van der Waals surface area contributed by atoms with Gasteiger partial charge in [0, 0.05) is 25.9 Å². The molecular weight excluding hydrogens is 400 g/mol. The van der Waals surface area contributed by atoms with Crippen LogP contribution in [-0.4, -0.2) is 12.1 Å². The minimum atomic E-state index is -0.241. The maximum Gasteiger partial charge on any atom is 0.271 e. The van der Waals surface area contributed by atoms with Crippen LogP contribution < -0.4 is 5.43 Å². The van der Waals surface area contributed by atoms with Gasteiger partial charge in [-0.05, 0) is 53.2 Å². The molecule has 0 aliphatic carbocycles. The Morgan fingerprint density at radius 1 is 0.862 bits per heavy atom. The summed E-state index contributed by atoms with van der Waals surface area (Å²) in [6.45, 7) is 0. The van der Waals surface area contributed by atoms with Crippen molar-refractivity contribution >= 4 is 46.3 Å². The zero-order chi connectivity index (χ0) is 20.1. The largest absolute Gasteiger partial charge is 0.271 e. The molecule has 0 saturated carbocycles. The van der Waals surface area contributed by atoms with E-state index in [9.17, 15) is 4.79 Å². The summed E-state index contributed by atoms with van der Waals surface area (Å²) in [6.07, 6.45) is 1.66. The second kappa shape index (κ2) is 8.95. The first-order valence-corrected chi connectivity index (χ1v) is 10.2. The molecule has 3 nitrogen and oxygen atoms in total. The predicted molar refractivity (Wildman–Crippen MR) is 121 cm³/mol. The highest BCUT2D eigenvalue weighted by molar-refractivity contribution is 7.99. The van der Waals surface area contributed by atoms with Gasteiger partial charge in [0.2, 0.25) is 0 Å². The second-order valence-electron chi connectivity index (χ2n) is 6.35. The van der Waals surface area contributed by atoms with Gasteiger partial charge in [0.05, 0.1) is 6.21 Å². The van der Waals surface area contributed by atoms with Gasteiger partial charge < -0.3 is 0 Å². The number of halogens is 1. The molecule has 5 heteroatoms. The molecule has 0 radical (unpaired) electrons. The Hall–Kier alpha value is -3.08. The molecule has 0 bridgehead atoms. The predicted octanol–water partition coefficient (Wildman–Crippen LogP) is 6.41. The van der Waals surface area contributed by atoms with Gasteiger partial charge in [-0.1, -0.05) is 71.9 Å². The van der Waals surface area contributed by atoms with Gasteiger partial charge in [-0.25, -0.2) is 5.43 Å². The summed E-state index contributed by atoms with van der Waals surface area (Å²) in [6, 6.07) is 29.1. The Bertz CT molecular complexity index is 1190. The number of nitrogens with zero attached hydrogens (tertiary/aromatic N) is 1. The van der Waals surface area contributed by atoms with Crippen molar-refractivity contribution in [3.8, 4) is 0 Å². The van der Waals surface area contributed by atoms with E-state index in [2.05, 4.69) is 10.5 Å². The lowest BCUT2D eigenvalue weighted by Crippen LogP contribution is -2.17. The fraction of sp³-hybridized carbons (Fsp3) is 0. The van der Waals surface area contributed by atoms with E-state index in [1.165, 1.54) is 0 Å². The maximum atomic E-state index is 12.4. The van der Waals surface area contributed by atoms with E-state index in [4.69, 9.17) is 11.6 Å². The van der Waals surface area contributed by atoms with Crippen LogP contribution in [0, 0.1) is 0 Å². The summed E-state index contributed by atoms with van der Waals surface area (Å²) >= 11 is 7.57. The van der Waals surface area contributed by atoms with Gasteiger partial charge in [0.15, 0.2) is 0 Å². The van der Waals surface area contributed by atoms with Crippen molar-refractivity contribution in [2.45, 2.75) is 9.79 Å². The molecule has 0 saturated heterocycles. The van der Waals surface area contributed by atoms with Gasteiger partial charge in [0.1, 0.15) is 0 Å². The summed E-state index contributed by atoms with van der Waals surface area (Å²) in [5, 5.41) is 6.98. The number of hydrogen-bond donors (Lipinski definition) is 1. The molecule has 4 aromatic rings. The molecule has 1 amide bonds. The molecule has 4 aromatic carbocycles. The molecule has 0 spiro atoms. The van der Waals surface area contributed by atoms with Crippen molar-refractivity contribution in [1.82, 2.24) is 5.43 Å². The normalized spacial score (nSPS) is 11.1. The fourth-order valence-electron chi connectivity index (χ4n) is 2.87. The molecule has 0 fully saturated rings. The van der Waals surface area contributed by atoms with Crippen molar-refractivity contribution in [2.75, 3.05) is 0 Å². The third-order valence-corrected chi connectivity index (χ3v) is 5.69. The average molecular weight is 417 g/mol. The maximum absolute atomic E-state index is 12.4. The number of fused-ring (bicyclic) bond motifs is 1. The van der Waals surface area contributed by atoms with Crippen molar-refractivity contribution in [1.29, 1.82) is 0 Å². The van der Waals surface area contributed by atoms with Crippen LogP contribution in [0.3, 0.4) is 0 Å². The minimum absolute atomic E-state index is 0.241. The van der Waals surface area contributed by atoms with Crippen molar-refractivity contribution in [3.05, 3.63) is 107 Å². The number of benzene rings is 4. The third kappa shape index (κ3) is 4.86. The first kappa shape index (κ1) is 19.2. The van der Waals surface area contributed by atoms with Crippen LogP contribution in [-0.2, 0) is 0 Å². The van der Waals surface area contributed by atoms with Crippen LogP contribution in [0.1, 0.15) is 15.9 Å². The Morgan fingerprint density at radius 2 is 1.59 bits per heavy atom. The molecule has 29 heavy (non-hydrogen) atoms. The SMILES string of the molecule is O=C(N/N=C/c1ccccc1Sc1ccc(Cl)cc1)c1ccc2ccccc2c1. The Balaban J connectivity index is 1.47. The quantitative estimate of drug-likeness (QED) is 0.301. The van der Waals surface area contributed by atoms with E-state index in [-0.39, 0.29) is 5.91 Å². The lowest BCUT2D eigenvalue weighted by molar-refractivity contribution is 0.0955. The first-order valence-electron chi connectivity index (χ1n) is 9.04. The average Bonchev–Trinajstić information content (AvgIpc) is 2.76. The Kier molecular flexibility index (Phi) is 5.94. The summed E-state index contributed by atoms with van der Waals surface area (Å²) in [5.41, 5.74) is 4.11. The molecule has 0 heterocycles. The number of hydrazone groups is 1. The summed E-state index contributed by atoms with van der Waals surface area (Å²) in [4.78, 5) is 14.6. The number of carbonyl (C=O) groups is 1. The second-order valence-corrected chi connectivity index (χ2v) is 7.91. The molecular formula is C24H17ClN2OS. The zero-order valence-corrected chi connectivity index (χ0v) is 17.0. The molecule has 142 valence electrons. The first-order chi connectivity index (χ1) is 14.2. The fourth-order valence-corrected chi connectivity index (χ4v) is 3.90. The Labute approximate surface area is 178 Å². The smallest absolute Gasteiger partial charge is 0.267 e. The van der Waals surface area contributed by atoms with Crippen LogP contribution in [0.25, 0.3) is 10.8 Å². The topological polar surface area (TPSA) is 41.5 Å². The third-order valence-electron chi connectivity index (χ3n) is 4.34. The van der Waals surface area contributed by atoms with Crippen LogP contribution in [0.15, 0.2) is 106 Å². The van der Waals surface area contributed by atoms with Crippen molar-refractivity contribution < 1.29 is 4.79 Å². The van der Waals surface area contributed by atoms with Crippen molar-refractivity contribution in [3.63, 3.8) is 0 Å². The monoisotopic (exact) mass is 416 g/mol. The molecule has 0 aliphatic rings. The molecule has 0 aliphatic heterocycles. The lowest BCUT2D eigenvalue weighted by atomic mass is 10.1. The van der Waals surface area contributed by atoms with Gasteiger partial charge in [0.25, 0.3) is 5.91 Å². The van der Waals surface area contributed by atoms with E-state index in [0.29, 0.717) is 10.6 Å². The number of amides is 1. The molecule has 0 atom stereocenters. The number of hydrogen-bond acceptors (Lipinski definition) is 3. The van der Waals surface area contributed by atoms with E-state index < -0.39 is 0 Å². The van der Waals surface area contributed by atoms with Gasteiger partial charge in [-0.2, -0.15) is 5.10 Å². The number of carbonyl (C=O) groups excluding carboxylic acids is 1. The summed E-state index contributed by atoms with van der Waals surface area (Å²) in [7, 11) is 0. The highest BCUT2D eigenvalue weighted by Crippen LogP contribution is 2.30. The zero-order valence-electron chi connectivity index (χ0n) is 15.4. The van der Waals surface area contributed by atoms with E-state index in [1.54, 1.807) is 24.0 Å². The highest BCUT2D eigenvalue weighted by atomic mass is 35.5. The Morgan fingerprint density at radius 3 is 2.41 bits per heavy atom. The molecule has 0 aromatic heterocycles. The number of nitrogens with one attached hydrogen (secondary N) is 1. The minimum Gasteiger partial charge on any atom is -0.267 e. The standard InChI is InChI=1S/C24H17ClN2OS/c25-21-11-13-22(14-12-21)29-23-8-4-3-7-20(23)16-26-27-24(28)19-10-9-17-5-1-2-6-18(17)15-19/h1-16H,(H,27,28)/b26-16+. The van der Waals surface area contributed by atoms with E-state index in [1.807, 2.05) is 84.9 Å². The van der Waals surface area contributed by atoms with Crippen LogP contribution in [0.4, 0.5) is 0 Å².